The van der Waals surface area contributed by atoms with E-state index in [9.17, 15) is 8.42 Å². The summed E-state index contributed by atoms with van der Waals surface area (Å²) >= 11 is 0. The maximum Gasteiger partial charge on any atom is 0.216 e. The molecule has 1 aliphatic heterocycles. The Morgan fingerprint density at radius 3 is 2.72 bits per heavy atom. The number of nitrogens with zero attached hydrogens (tertiary/aromatic N) is 1. The molecule has 5 nitrogen and oxygen atoms in total. The van der Waals surface area contributed by atoms with Crippen LogP contribution in [0.15, 0.2) is 0 Å². The fraction of sp³-hybridized carbons (Fsp3) is 1.00. The van der Waals surface area contributed by atoms with Crippen LogP contribution < -0.4 is 5.73 Å². The highest BCUT2D eigenvalue weighted by Gasteiger charge is 2.29. The highest BCUT2D eigenvalue weighted by Crippen LogP contribution is 2.22. The molecule has 1 saturated heterocycles. The first-order valence-corrected chi connectivity index (χ1v) is 7.81. The van der Waals surface area contributed by atoms with Crippen LogP contribution in [0.4, 0.5) is 0 Å². The molecule has 18 heavy (non-hydrogen) atoms. The summed E-state index contributed by atoms with van der Waals surface area (Å²) in [6.45, 7) is 3.67. The average Bonchev–Trinajstić information content (AvgIpc) is 2.29. The van der Waals surface area contributed by atoms with Gasteiger partial charge in [-0.1, -0.05) is 0 Å². The molecule has 0 aromatic rings. The third kappa shape index (κ3) is 5.40. The molecule has 1 aliphatic rings. The molecule has 2 unspecified atom stereocenters. The van der Waals surface area contributed by atoms with Crippen molar-refractivity contribution in [2.45, 2.75) is 32.3 Å². The van der Waals surface area contributed by atoms with Gasteiger partial charge in [0, 0.05) is 20.2 Å². The summed E-state index contributed by atoms with van der Waals surface area (Å²) < 4.78 is 30.9. The minimum atomic E-state index is -3.18. The molecule has 2 atom stereocenters. The third-order valence-corrected chi connectivity index (χ3v) is 5.31. The van der Waals surface area contributed by atoms with Crippen LogP contribution in [0, 0.1) is 5.92 Å². The van der Waals surface area contributed by atoms with Crippen molar-refractivity contribution in [3.05, 3.63) is 0 Å². The van der Waals surface area contributed by atoms with Crippen LogP contribution in [0.3, 0.4) is 0 Å². The third-order valence-electron chi connectivity index (χ3n) is 3.30. The second-order valence-electron chi connectivity index (χ2n) is 4.77. The zero-order valence-electron chi connectivity index (χ0n) is 11.2. The topological polar surface area (TPSA) is 72.6 Å². The Labute approximate surface area is 117 Å². The lowest BCUT2D eigenvalue weighted by Crippen LogP contribution is -2.43. The summed E-state index contributed by atoms with van der Waals surface area (Å²) in [4.78, 5) is 0. The lowest BCUT2D eigenvalue weighted by atomic mass is 9.96. The van der Waals surface area contributed by atoms with E-state index in [0.29, 0.717) is 25.6 Å². The smallest absolute Gasteiger partial charge is 0.216 e. The average molecular weight is 301 g/mol. The van der Waals surface area contributed by atoms with Crippen LogP contribution in [0.1, 0.15) is 26.2 Å². The Morgan fingerprint density at radius 1 is 1.50 bits per heavy atom. The Morgan fingerprint density at radius 2 is 2.17 bits per heavy atom. The van der Waals surface area contributed by atoms with Gasteiger partial charge in [0.15, 0.2) is 0 Å². The van der Waals surface area contributed by atoms with E-state index in [4.69, 9.17) is 10.5 Å². The van der Waals surface area contributed by atoms with Gasteiger partial charge < -0.3 is 10.5 Å². The summed E-state index contributed by atoms with van der Waals surface area (Å²) in [7, 11) is -1.64. The van der Waals surface area contributed by atoms with Gasteiger partial charge >= 0.3 is 0 Å². The van der Waals surface area contributed by atoms with Gasteiger partial charge in [-0.25, -0.2) is 12.7 Å². The highest BCUT2D eigenvalue weighted by molar-refractivity contribution is 7.89. The predicted octanol–water partition coefficient (Wildman–Crippen LogP) is 0.834. The van der Waals surface area contributed by atoms with Crippen LogP contribution in [-0.2, 0) is 14.8 Å². The Kier molecular flexibility index (Phi) is 8.38. The van der Waals surface area contributed by atoms with Crippen molar-refractivity contribution in [2.75, 3.05) is 32.5 Å². The number of methoxy groups -OCH3 is 1. The molecule has 1 fully saturated rings. The first kappa shape index (κ1) is 18.1. The molecule has 0 amide bonds. The van der Waals surface area contributed by atoms with Gasteiger partial charge in [0.1, 0.15) is 0 Å². The molecular formula is C11H25ClN2O3S. The van der Waals surface area contributed by atoms with Crippen LogP contribution in [0.2, 0.25) is 0 Å². The van der Waals surface area contributed by atoms with Gasteiger partial charge in [0.25, 0.3) is 0 Å². The second-order valence-corrected chi connectivity index (χ2v) is 6.78. The summed E-state index contributed by atoms with van der Waals surface area (Å²) in [5, 5.41) is 0. The van der Waals surface area contributed by atoms with Gasteiger partial charge in [0.2, 0.25) is 10.0 Å². The van der Waals surface area contributed by atoms with Gasteiger partial charge in [-0.3, -0.25) is 0 Å². The van der Waals surface area contributed by atoms with Crippen molar-refractivity contribution in [1.82, 2.24) is 4.31 Å². The van der Waals surface area contributed by atoms with E-state index < -0.39 is 10.0 Å². The maximum atomic E-state index is 12.1. The standard InChI is InChI=1S/C11H24N2O3S.ClH/c1-10(16-2)9-17(14,15)13-7-3-4-11(8-13)5-6-12;/h10-11H,3-9,12H2,1-2H3;1H. The molecular weight excluding hydrogens is 276 g/mol. The van der Waals surface area contributed by atoms with Crippen LogP contribution in [0.5, 0.6) is 0 Å². The monoisotopic (exact) mass is 300 g/mol. The largest absolute Gasteiger partial charge is 0.381 e. The number of halogens is 1. The van der Waals surface area contributed by atoms with Gasteiger partial charge in [-0.2, -0.15) is 0 Å². The van der Waals surface area contributed by atoms with Crippen LogP contribution >= 0.6 is 12.4 Å². The number of sulfonamides is 1. The number of nitrogens with two attached hydrogens (primary N) is 1. The van der Waals surface area contributed by atoms with E-state index >= 15 is 0 Å². The quantitative estimate of drug-likeness (QED) is 0.789. The molecule has 1 heterocycles. The summed E-state index contributed by atoms with van der Waals surface area (Å²) in [6, 6.07) is 0. The first-order valence-electron chi connectivity index (χ1n) is 6.20. The Hall–Kier alpha value is 0.120. The second kappa shape index (κ2) is 8.32. The number of ether oxygens (including phenoxy) is 1. The number of rotatable bonds is 6. The van der Waals surface area contributed by atoms with Crippen molar-refractivity contribution in [3.8, 4) is 0 Å². The van der Waals surface area contributed by atoms with Gasteiger partial charge in [0.05, 0.1) is 11.9 Å². The molecule has 0 bridgehead atoms. The molecule has 0 aliphatic carbocycles. The molecule has 2 N–H and O–H groups in total. The highest BCUT2D eigenvalue weighted by atomic mass is 35.5. The Bertz CT molecular complexity index is 322. The fourth-order valence-electron chi connectivity index (χ4n) is 2.22. The van der Waals surface area contributed by atoms with Crippen LogP contribution in [0.25, 0.3) is 0 Å². The lowest BCUT2D eigenvalue weighted by Gasteiger charge is -2.32. The maximum absolute atomic E-state index is 12.1. The number of hydrogen-bond donors (Lipinski definition) is 1. The normalized spacial score (nSPS) is 23.4. The Balaban J connectivity index is 0.00000289. The van der Waals surface area contributed by atoms with Gasteiger partial charge in [-0.05, 0) is 38.6 Å². The van der Waals surface area contributed by atoms with E-state index in [1.54, 1.807) is 11.2 Å². The van der Waals surface area contributed by atoms with Crippen LogP contribution in [-0.4, -0.2) is 51.3 Å². The molecule has 0 aromatic heterocycles. The van der Waals surface area contributed by atoms with Crippen molar-refractivity contribution >= 4 is 22.4 Å². The van der Waals surface area contributed by atoms with E-state index in [1.807, 2.05) is 0 Å². The molecule has 0 saturated carbocycles. The van der Waals surface area contributed by atoms with Gasteiger partial charge in [-0.15, -0.1) is 12.4 Å². The summed E-state index contributed by atoms with van der Waals surface area (Å²) in [5.41, 5.74) is 5.53. The molecule has 0 spiro atoms. The predicted molar refractivity (Wildman–Crippen MR) is 75.5 cm³/mol. The van der Waals surface area contributed by atoms with E-state index in [2.05, 4.69) is 0 Å². The molecule has 7 heteroatoms. The van der Waals surface area contributed by atoms with Crippen molar-refractivity contribution in [1.29, 1.82) is 0 Å². The first-order chi connectivity index (χ1) is 7.99. The summed E-state index contributed by atoms with van der Waals surface area (Å²) in [5.74, 6) is 0.486. The fourth-order valence-corrected chi connectivity index (χ4v) is 4.01. The van der Waals surface area contributed by atoms with E-state index in [0.717, 1.165) is 19.3 Å². The van der Waals surface area contributed by atoms with Crippen molar-refractivity contribution < 1.29 is 13.2 Å². The molecule has 110 valence electrons. The minimum absolute atomic E-state index is 0. The zero-order valence-corrected chi connectivity index (χ0v) is 12.8. The molecule has 1 rings (SSSR count). The lowest BCUT2D eigenvalue weighted by molar-refractivity contribution is 0.134. The number of piperidine rings is 1. The summed E-state index contributed by atoms with van der Waals surface area (Å²) in [6.07, 6.45) is 2.68. The molecule has 0 radical (unpaired) electrons. The van der Waals surface area contributed by atoms with E-state index in [-0.39, 0.29) is 24.3 Å². The SMILES string of the molecule is COC(C)CS(=O)(=O)N1CCCC(CCN)C1.Cl. The zero-order chi connectivity index (χ0) is 12.9. The molecule has 0 aromatic carbocycles. The van der Waals surface area contributed by atoms with E-state index in [1.165, 1.54) is 7.11 Å². The van der Waals surface area contributed by atoms with Crippen molar-refractivity contribution in [3.63, 3.8) is 0 Å². The van der Waals surface area contributed by atoms with Crippen molar-refractivity contribution in [2.24, 2.45) is 11.7 Å². The minimum Gasteiger partial charge on any atom is -0.381 e. The number of hydrogen-bond acceptors (Lipinski definition) is 4.